The number of ether oxygens (including phenoxy) is 4. The second-order valence-electron chi connectivity index (χ2n) is 5.96. The van der Waals surface area contributed by atoms with Gasteiger partial charge in [-0.15, -0.1) is 0 Å². The fourth-order valence-electron chi connectivity index (χ4n) is 2.78. The molecule has 0 N–H and O–H groups in total. The number of nitrogens with zero attached hydrogens (tertiary/aromatic N) is 1. The monoisotopic (exact) mass is 357 g/mol. The third-order valence-electron chi connectivity index (χ3n) is 4.26. The van der Waals surface area contributed by atoms with Crippen molar-refractivity contribution in [3.05, 3.63) is 54.1 Å². The highest BCUT2D eigenvalue weighted by Gasteiger charge is 2.25. The molecule has 6 nitrogen and oxygen atoms in total. The van der Waals surface area contributed by atoms with E-state index in [2.05, 4.69) is 0 Å². The van der Waals surface area contributed by atoms with Crippen LogP contribution in [0, 0.1) is 0 Å². The van der Waals surface area contributed by atoms with Crippen molar-refractivity contribution in [1.82, 2.24) is 4.90 Å². The Bertz CT molecular complexity index is 714. The van der Waals surface area contributed by atoms with Crippen LogP contribution in [0.1, 0.15) is 10.4 Å². The molecule has 138 valence electrons. The largest absolute Gasteiger partial charge is 0.497 e. The molecule has 0 aromatic heterocycles. The number of benzene rings is 2. The SMILES string of the molecule is COc1ccc(OCC2CN(C(=O)c3ccc(OC)cc3)CCO2)cc1. The summed E-state index contributed by atoms with van der Waals surface area (Å²) in [4.78, 5) is 14.5. The summed E-state index contributed by atoms with van der Waals surface area (Å²) in [7, 11) is 3.23. The van der Waals surface area contributed by atoms with Gasteiger partial charge in [-0.1, -0.05) is 0 Å². The highest BCUT2D eigenvalue weighted by Crippen LogP contribution is 2.19. The molecule has 1 atom stereocenters. The minimum absolute atomic E-state index is 0.00889. The van der Waals surface area contributed by atoms with Gasteiger partial charge in [-0.3, -0.25) is 4.79 Å². The van der Waals surface area contributed by atoms with E-state index in [0.717, 1.165) is 17.2 Å². The van der Waals surface area contributed by atoms with Gasteiger partial charge in [-0.2, -0.15) is 0 Å². The maximum atomic E-state index is 12.7. The van der Waals surface area contributed by atoms with Gasteiger partial charge in [0.2, 0.25) is 0 Å². The Morgan fingerprint density at radius 2 is 1.58 bits per heavy atom. The molecule has 1 unspecified atom stereocenters. The minimum Gasteiger partial charge on any atom is -0.497 e. The van der Waals surface area contributed by atoms with Crippen molar-refractivity contribution < 1.29 is 23.7 Å². The number of methoxy groups -OCH3 is 2. The van der Waals surface area contributed by atoms with Gasteiger partial charge in [0.05, 0.1) is 27.4 Å². The molecule has 0 radical (unpaired) electrons. The van der Waals surface area contributed by atoms with Gasteiger partial charge >= 0.3 is 0 Å². The molecule has 0 saturated carbocycles. The Morgan fingerprint density at radius 1 is 1.00 bits per heavy atom. The summed E-state index contributed by atoms with van der Waals surface area (Å²) in [5, 5.41) is 0. The fourth-order valence-corrected chi connectivity index (χ4v) is 2.78. The van der Waals surface area contributed by atoms with Crippen LogP contribution in [0.5, 0.6) is 17.2 Å². The standard InChI is InChI=1S/C20H23NO5/c1-23-16-5-3-15(4-6-16)20(22)21-11-12-25-19(13-21)14-26-18-9-7-17(24-2)8-10-18/h3-10,19H,11-14H2,1-2H3. The number of carbonyl (C=O) groups is 1. The summed E-state index contributed by atoms with van der Waals surface area (Å²) in [5.41, 5.74) is 0.641. The molecule has 1 aliphatic rings. The van der Waals surface area contributed by atoms with Crippen LogP contribution in [-0.2, 0) is 4.74 Å². The zero-order valence-electron chi connectivity index (χ0n) is 15.0. The van der Waals surface area contributed by atoms with Gasteiger partial charge in [0.15, 0.2) is 0 Å². The third-order valence-corrected chi connectivity index (χ3v) is 4.26. The van der Waals surface area contributed by atoms with E-state index in [1.165, 1.54) is 0 Å². The van der Waals surface area contributed by atoms with Crippen molar-refractivity contribution in [3.63, 3.8) is 0 Å². The Kier molecular flexibility index (Phi) is 5.96. The van der Waals surface area contributed by atoms with Crippen molar-refractivity contribution in [1.29, 1.82) is 0 Å². The van der Waals surface area contributed by atoms with Crippen LogP contribution in [0.3, 0.4) is 0 Å². The topological polar surface area (TPSA) is 57.2 Å². The zero-order chi connectivity index (χ0) is 18.4. The molecule has 0 bridgehead atoms. The van der Waals surface area contributed by atoms with Crippen LogP contribution in [0.15, 0.2) is 48.5 Å². The number of hydrogen-bond donors (Lipinski definition) is 0. The van der Waals surface area contributed by atoms with Crippen LogP contribution in [0.4, 0.5) is 0 Å². The van der Waals surface area contributed by atoms with Crippen LogP contribution in [0.25, 0.3) is 0 Å². The van der Waals surface area contributed by atoms with E-state index in [1.807, 2.05) is 24.3 Å². The van der Waals surface area contributed by atoms with E-state index in [4.69, 9.17) is 18.9 Å². The molecule has 2 aromatic carbocycles. The number of morpholine rings is 1. The second-order valence-corrected chi connectivity index (χ2v) is 5.96. The maximum absolute atomic E-state index is 12.7. The Morgan fingerprint density at radius 3 is 2.19 bits per heavy atom. The number of carbonyl (C=O) groups excluding carboxylic acids is 1. The quantitative estimate of drug-likeness (QED) is 0.795. The summed E-state index contributed by atoms with van der Waals surface area (Å²) in [6.45, 7) is 1.96. The molecule has 0 aliphatic carbocycles. The van der Waals surface area contributed by atoms with Gasteiger partial charge in [0.25, 0.3) is 5.91 Å². The van der Waals surface area contributed by atoms with Gasteiger partial charge in [0, 0.05) is 12.1 Å². The molecule has 1 aliphatic heterocycles. The Labute approximate surface area is 153 Å². The van der Waals surface area contributed by atoms with Crippen molar-refractivity contribution in [2.24, 2.45) is 0 Å². The first kappa shape index (κ1) is 18.1. The Hall–Kier alpha value is -2.73. The molecular formula is C20H23NO5. The highest BCUT2D eigenvalue weighted by molar-refractivity contribution is 5.94. The smallest absolute Gasteiger partial charge is 0.254 e. The molecule has 1 fully saturated rings. The van der Waals surface area contributed by atoms with Crippen molar-refractivity contribution in [3.8, 4) is 17.2 Å². The van der Waals surface area contributed by atoms with E-state index in [9.17, 15) is 4.79 Å². The van der Waals surface area contributed by atoms with Gasteiger partial charge in [-0.05, 0) is 48.5 Å². The average Bonchev–Trinajstić information content (AvgIpc) is 2.72. The summed E-state index contributed by atoms with van der Waals surface area (Å²) in [6, 6.07) is 14.5. The first-order chi connectivity index (χ1) is 12.7. The van der Waals surface area contributed by atoms with Crippen molar-refractivity contribution in [2.75, 3.05) is 40.5 Å². The lowest BCUT2D eigenvalue weighted by atomic mass is 10.1. The molecular weight excluding hydrogens is 334 g/mol. The average molecular weight is 357 g/mol. The first-order valence-electron chi connectivity index (χ1n) is 8.51. The van der Waals surface area contributed by atoms with E-state index in [-0.39, 0.29) is 12.0 Å². The lowest BCUT2D eigenvalue weighted by molar-refractivity contribution is -0.0401. The molecule has 6 heteroatoms. The lowest BCUT2D eigenvalue weighted by Crippen LogP contribution is -2.47. The molecule has 0 spiro atoms. The second kappa shape index (κ2) is 8.58. The molecule has 26 heavy (non-hydrogen) atoms. The van der Waals surface area contributed by atoms with E-state index >= 15 is 0 Å². The van der Waals surface area contributed by atoms with Crippen LogP contribution in [0.2, 0.25) is 0 Å². The Balaban J connectivity index is 1.55. The summed E-state index contributed by atoms with van der Waals surface area (Å²) in [6.07, 6.45) is -0.159. The minimum atomic E-state index is -0.159. The van der Waals surface area contributed by atoms with Gasteiger partial charge < -0.3 is 23.8 Å². The summed E-state index contributed by atoms with van der Waals surface area (Å²) in [5.74, 6) is 2.25. The fraction of sp³-hybridized carbons (Fsp3) is 0.350. The van der Waals surface area contributed by atoms with E-state index in [1.54, 1.807) is 43.4 Å². The number of rotatable bonds is 6. The number of amides is 1. The molecule has 1 saturated heterocycles. The lowest BCUT2D eigenvalue weighted by Gasteiger charge is -2.33. The van der Waals surface area contributed by atoms with Crippen LogP contribution in [-0.4, -0.2) is 57.4 Å². The van der Waals surface area contributed by atoms with E-state index < -0.39 is 0 Å². The normalized spacial score (nSPS) is 16.8. The van der Waals surface area contributed by atoms with Crippen molar-refractivity contribution in [2.45, 2.75) is 6.10 Å². The predicted molar refractivity (Wildman–Crippen MR) is 97.1 cm³/mol. The third kappa shape index (κ3) is 4.46. The van der Waals surface area contributed by atoms with Gasteiger partial charge in [-0.25, -0.2) is 0 Å². The van der Waals surface area contributed by atoms with Crippen LogP contribution < -0.4 is 14.2 Å². The highest BCUT2D eigenvalue weighted by atomic mass is 16.5. The molecule has 3 rings (SSSR count). The van der Waals surface area contributed by atoms with E-state index in [0.29, 0.717) is 31.9 Å². The first-order valence-corrected chi connectivity index (χ1v) is 8.51. The summed E-state index contributed by atoms with van der Waals surface area (Å²) < 4.78 is 21.8. The predicted octanol–water partition coefficient (Wildman–Crippen LogP) is 2.62. The maximum Gasteiger partial charge on any atom is 0.254 e. The van der Waals surface area contributed by atoms with Gasteiger partial charge in [0.1, 0.15) is 30.0 Å². The number of hydrogen-bond acceptors (Lipinski definition) is 5. The van der Waals surface area contributed by atoms with Crippen LogP contribution >= 0.6 is 0 Å². The molecule has 1 heterocycles. The van der Waals surface area contributed by atoms with Crippen molar-refractivity contribution >= 4 is 5.91 Å². The zero-order valence-corrected chi connectivity index (χ0v) is 15.0. The summed E-state index contributed by atoms with van der Waals surface area (Å²) >= 11 is 0. The molecule has 1 amide bonds. The molecule has 2 aromatic rings.